The lowest BCUT2D eigenvalue weighted by Crippen LogP contribution is -2.35. The molecular weight excluding hydrogens is 176 g/mol. The van der Waals surface area contributed by atoms with Crippen molar-refractivity contribution in [1.82, 2.24) is 0 Å². The van der Waals surface area contributed by atoms with Crippen LogP contribution < -0.4 is 0 Å². The van der Waals surface area contributed by atoms with Crippen molar-refractivity contribution >= 4 is 16.9 Å². The Morgan fingerprint density at radius 3 is 1.73 bits per heavy atom. The minimum atomic E-state index is -2.36. The smallest absolute Gasteiger partial charge is 0.330 e. The lowest BCUT2D eigenvalue weighted by molar-refractivity contribution is 0.0848. The molecule has 0 bridgehead atoms. The molecule has 0 aromatic heterocycles. The van der Waals surface area contributed by atoms with Crippen LogP contribution in [0.3, 0.4) is 0 Å². The maximum absolute atomic E-state index is 9.27. The van der Waals surface area contributed by atoms with Gasteiger partial charge in [-0.25, -0.2) is 0 Å². The molecule has 0 aliphatic heterocycles. The first-order valence-electron chi connectivity index (χ1n) is 3.71. The summed E-state index contributed by atoms with van der Waals surface area (Å²) in [5, 5.41) is 0. The topological polar surface area (TPSA) is 38.7 Å². The van der Waals surface area contributed by atoms with Gasteiger partial charge in [-0.05, 0) is 32.7 Å². The fourth-order valence-corrected chi connectivity index (χ4v) is 1.23. The third-order valence-electron chi connectivity index (χ3n) is 0.904. The molecule has 68 valence electrons. The fraction of sp³-hybridized carbons (Fsp3) is 1.00. The first-order valence-corrected chi connectivity index (χ1v) is 9.97. The summed E-state index contributed by atoms with van der Waals surface area (Å²) < 4.78 is 10.5. The van der Waals surface area contributed by atoms with Gasteiger partial charge in [-0.1, -0.05) is 0 Å². The largest absolute Gasteiger partial charge is 0.411 e. The molecule has 0 aromatic rings. The van der Waals surface area contributed by atoms with Crippen molar-refractivity contribution in [2.24, 2.45) is 0 Å². The fourth-order valence-electron chi connectivity index (χ4n) is 0.350. The highest BCUT2D eigenvalue weighted by Crippen LogP contribution is 2.05. The Kier molecular flexibility index (Phi) is 3.92. The Labute approximate surface area is 70.7 Å². The van der Waals surface area contributed by atoms with Gasteiger partial charge in [0.25, 0.3) is 0 Å². The Hall–Kier alpha value is 0.314. The summed E-state index contributed by atoms with van der Waals surface area (Å²) in [4.78, 5) is 9.27. The highest BCUT2D eigenvalue weighted by Gasteiger charge is 2.20. The molecule has 0 unspecified atom stereocenters. The molecule has 11 heavy (non-hydrogen) atoms. The maximum atomic E-state index is 9.27. The lowest BCUT2D eigenvalue weighted by atomic mass is 11.6. The molecule has 5 heteroatoms. The highest BCUT2D eigenvalue weighted by atomic mass is 28.4. The zero-order valence-corrected chi connectivity index (χ0v) is 9.97. The Bertz CT molecular complexity index is 100.0. The van der Waals surface area contributed by atoms with Crippen LogP contribution in [0.4, 0.5) is 0 Å². The molecule has 0 saturated carbocycles. The normalized spacial score (nSPS) is 13.6. The molecule has 0 atom stereocenters. The Morgan fingerprint density at radius 2 is 1.45 bits per heavy atom. The van der Waals surface area contributed by atoms with E-state index in [0.29, 0.717) is 0 Å². The molecular formula is C6H18O3Si2. The van der Waals surface area contributed by atoms with Crippen molar-refractivity contribution in [2.45, 2.75) is 32.7 Å². The van der Waals surface area contributed by atoms with E-state index in [1.807, 2.05) is 0 Å². The van der Waals surface area contributed by atoms with Gasteiger partial charge >= 0.3 is 8.56 Å². The van der Waals surface area contributed by atoms with Crippen LogP contribution >= 0.6 is 0 Å². The van der Waals surface area contributed by atoms with Crippen molar-refractivity contribution in [2.75, 3.05) is 6.79 Å². The van der Waals surface area contributed by atoms with Gasteiger partial charge in [0.15, 0.2) is 8.32 Å². The van der Waals surface area contributed by atoms with Crippen LogP contribution in [0, 0.1) is 0 Å². The van der Waals surface area contributed by atoms with Crippen LogP contribution in [0.15, 0.2) is 0 Å². The molecule has 0 aliphatic rings. The van der Waals surface area contributed by atoms with Gasteiger partial charge < -0.3 is 13.6 Å². The molecule has 0 fully saturated rings. The van der Waals surface area contributed by atoms with Crippen LogP contribution in [0.5, 0.6) is 0 Å². The van der Waals surface area contributed by atoms with Crippen LogP contribution in [0.1, 0.15) is 0 Å². The van der Waals surface area contributed by atoms with Gasteiger partial charge in [-0.2, -0.15) is 0 Å². The average Bonchev–Trinajstić information content (AvgIpc) is 1.55. The third-order valence-corrected chi connectivity index (χ3v) is 2.71. The van der Waals surface area contributed by atoms with Crippen molar-refractivity contribution in [3.63, 3.8) is 0 Å². The van der Waals surface area contributed by atoms with Crippen molar-refractivity contribution < 1.29 is 13.6 Å². The van der Waals surface area contributed by atoms with E-state index < -0.39 is 16.9 Å². The summed E-state index contributed by atoms with van der Waals surface area (Å²) in [5.41, 5.74) is 0. The predicted octanol–water partition coefficient (Wildman–Crippen LogP) is 1.51. The Morgan fingerprint density at radius 1 is 1.00 bits per heavy atom. The first kappa shape index (κ1) is 11.3. The lowest BCUT2D eigenvalue weighted by Gasteiger charge is -2.21. The third kappa shape index (κ3) is 10.3. The number of hydrogen-bond acceptors (Lipinski definition) is 3. The van der Waals surface area contributed by atoms with E-state index in [2.05, 4.69) is 19.6 Å². The summed E-state index contributed by atoms with van der Waals surface area (Å²) >= 11 is 0. The average molecular weight is 194 g/mol. The molecule has 0 rings (SSSR count). The second-order valence-corrected chi connectivity index (χ2v) is 11.7. The van der Waals surface area contributed by atoms with E-state index in [1.54, 1.807) is 13.1 Å². The molecule has 1 N–H and O–H groups in total. The monoisotopic (exact) mass is 194 g/mol. The molecule has 0 aliphatic carbocycles. The van der Waals surface area contributed by atoms with Crippen molar-refractivity contribution in [3.8, 4) is 0 Å². The summed E-state index contributed by atoms with van der Waals surface area (Å²) in [5.74, 6) is 0. The zero-order valence-electron chi connectivity index (χ0n) is 7.97. The summed E-state index contributed by atoms with van der Waals surface area (Å²) in [6, 6.07) is 0. The number of rotatable bonds is 4. The van der Waals surface area contributed by atoms with E-state index >= 15 is 0 Å². The summed E-state index contributed by atoms with van der Waals surface area (Å²) in [6.07, 6.45) is 0. The molecule has 3 nitrogen and oxygen atoms in total. The van der Waals surface area contributed by atoms with Crippen LogP contribution in [0.25, 0.3) is 0 Å². The molecule has 0 amide bonds. The van der Waals surface area contributed by atoms with E-state index in [9.17, 15) is 4.80 Å². The van der Waals surface area contributed by atoms with Crippen LogP contribution in [0.2, 0.25) is 32.7 Å². The number of hydrogen-bond donors (Lipinski definition) is 1. The standard InChI is InChI=1S/C6H18O3Si2/c1-10(2,3)8-6-9-11(4,5)7/h7H,6H2,1-5H3. The van der Waals surface area contributed by atoms with Crippen LogP contribution in [-0.4, -0.2) is 28.5 Å². The quantitative estimate of drug-likeness (QED) is 0.544. The predicted molar refractivity (Wildman–Crippen MR) is 50.1 cm³/mol. The summed E-state index contributed by atoms with van der Waals surface area (Å²) in [7, 11) is -3.83. The van der Waals surface area contributed by atoms with E-state index in [-0.39, 0.29) is 6.79 Å². The zero-order chi connectivity index (χ0) is 9.12. The van der Waals surface area contributed by atoms with Crippen LogP contribution in [-0.2, 0) is 8.85 Å². The van der Waals surface area contributed by atoms with Gasteiger partial charge in [0.1, 0.15) is 6.79 Å². The summed E-state index contributed by atoms with van der Waals surface area (Å²) in [6.45, 7) is 9.94. The van der Waals surface area contributed by atoms with Gasteiger partial charge in [0, 0.05) is 0 Å². The minimum absolute atomic E-state index is 0.242. The van der Waals surface area contributed by atoms with Gasteiger partial charge in [-0.3, -0.25) is 0 Å². The van der Waals surface area contributed by atoms with E-state index in [1.165, 1.54) is 0 Å². The molecule has 0 spiro atoms. The second-order valence-electron chi connectivity index (χ2n) is 3.97. The molecule has 0 saturated heterocycles. The van der Waals surface area contributed by atoms with Gasteiger partial charge in [-0.15, -0.1) is 0 Å². The van der Waals surface area contributed by atoms with Crippen molar-refractivity contribution in [1.29, 1.82) is 0 Å². The molecule has 0 heterocycles. The second kappa shape index (κ2) is 3.82. The minimum Gasteiger partial charge on any atom is -0.411 e. The van der Waals surface area contributed by atoms with Gasteiger partial charge in [0.2, 0.25) is 0 Å². The molecule has 0 aromatic carbocycles. The molecule has 0 radical (unpaired) electrons. The first-order chi connectivity index (χ1) is 4.71. The van der Waals surface area contributed by atoms with Crippen molar-refractivity contribution in [3.05, 3.63) is 0 Å². The SMILES string of the molecule is C[Si](C)(C)OCO[Si](C)(C)O. The Balaban J connectivity index is 3.44. The van der Waals surface area contributed by atoms with Gasteiger partial charge in [0.05, 0.1) is 0 Å². The highest BCUT2D eigenvalue weighted by molar-refractivity contribution is 6.69. The maximum Gasteiger partial charge on any atom is 0.330 e. The van der Waals surface area contributed by atoms with E-state index in [0.717, 1.165) is 0 Å². The van der Waals surface area contributed by atoms with E-state index in [4.69, 9.17) is 8.85 Å².